The van der Waals surface area contributed by atoms with Crippen LogP contribution in [0.15, 0.2) is 23.9 Å². The average Bonchev–Trinajstić information content (AvgIpc) is 2.04. The maximum Gasteiger partial charge on any atom is 0.261 e. The van der Waals surface area contributed by atoms with E-state index < -0.39 is 12.5 Å². The highest BCUT2D eigenvalue weighted by atomic mass is 19.3. The van der Waals surface area contributed by atoms with Gasteiger partial charge in [0, 0.05) is 5.70 Å². The van der Waals surface area contributed by atoms with Crippen molar-refractivity contribution in [2.24, 2.45) is 5.92 Å². The summed E-state index contributed by atoms with van der Waals surface area (Å²) in [6.45, 7) is 3.95. The summed E-state index contributed by atoms with van der Waals surface area (Å²) < 4.78 is 24.4. The lowest BCUT2D eigenvalue weighted by Crippen LogP contribution is -2.36. The van der Waals surface area contributed by atoms with Gasteiger partial charge in [0.05, 0.1) is 0 Å². The van der Waals surface area contributed by atoms with Gasteiger partial charge in [-0.05, 0) is 12.0 Å². The van der Waals surface area contributed by atoms with E-state index in [0.717, 1.165) is 5.70 Å². The monoisotopic (exact) mass is 173 g/mol. The number of nitrogens with one attached hydrogen (secondary N) is 1. The van der Waals surface area contributed by atoms with E-state index in [1.165, 1.54) is 6.08 Å². The average molecular weight is 173 g/mol. The van der Waals surface area contributed by atoms with Crippen LogP contribution in [-0.4, -0.2) is 12.5 Å². The molecule has 68 valence electrons. The number of alkyl halides is 2. The van der Waals surface area contributed by atoms with Crippen molar-refractivity contribution < 1.29 is 8.78 Å². The molecule has 0 saturated heterocycles. The molecule has 0 aromatic rings. The highest BCUT2D eigenvalue weighted by Crippen LogP contribution is 2.14. The van der Waals surface area contributed by atoms with Crippen LogP contribution in [0.5, 0.6) is 0 Å². The largest absolute Gasteiger partial charge is 0.377 e. The minimum atomic E-state index is -2.33. The molecule has 0 bridgehead atoms. The summed E-state index contributed by atoms with van der Waals surface area (Å²) in [4.78, 5) is 0. The van der Waals surface area contributed by atoms with E-state index in [4.69, 9.17) is 0 Å². The first-order chi connectivity index (χ1) is 5.61. The van der Waals surface area contributed by atoms with E-state index in [9.17, 15) is 8.78 Å². The molecule has 1 rings (SSSR count). The molecule has 0 aromatic heterocycles. The van der Waals surface area contributed by atoms with Crippen molar-refractivity contribution in [2.75, 3.05) is 0 Å². The normalized spacial score (nSPS) is 22.8. The van der Waals surface area contributed by atoms with Gasteiger partial charge in [-0.25, -0.2) is 8.78 Å². The van der Waals surface area contributed by atoms with Crippen molar-refractivity contribution in [1.82, 2.24) is 5.32 Å². The minimum absolute atomic E-state index is 0.274. The summed E-state index contributed by atoms with van der Waals surface area (Å²) >= 11 is 0. The van der Waals surface area contributed by atoms with Crippen molar-refractivity contribution in [3.05, 3.63) is 23.9 Å². The highest BCUT2D eigenvalue weighted by molar-refractivity contribution is 5.21. The summed E-state index contributed by atoms with van der Waals surface area (Å²) in [7, 11) is 0. The Balaban J connectivity index is 2.61. The van der Waals surface area contributed by atoms with Gasteiger partial charge in [0.15, 0.2) is 0 Å². The van der Waals surface area contributed by atoms with Crippen LogP contribution in [0.4, 0.5) is 8.78 Å². The summed E-state index contributed by atoms with van der Waals surface area (Å²) in [6, 6.07) is -0.813. The highest BCUT2D eigenvalue weighted by Gasteiger charge is 2.20. The summed E-state index contributed by atoms with van der Waals surface area (Å²) in [6.07, 6.45) is 2.67. The number of allylic oxidation sites excluding steroid dienone is 3. The fourth-order valence-electron chi connectivity index (χ4n) is 1.07. The minimum Gasteiger partial charge on any atom is -0.377 e. The molecule has 0 fully saturated rings. The first-order valence-electron chi connectivity index (χ1n) is 4.04. The van der Waals surface area contributed by atoms with E-state index in [1.807, 2.05) is 19.9 Å². The Bertz CT molecular complexity index is 207. The van der Waals surface area contributed by atoms with E-state index in [-0.39, 0.29) is 5.92 Å². The lowest BCUT2D eigenvalue weighted by atomic mass is 10.1. The standard InChI is InChI=1S/C9H13F2N/c1-6(2)7-4-3-5-8(12-7)9(10)11/h3-6,8-9,12H,1-2H3. The zero-order valence-electron chi connectivity index (χ0n) is 7.22. The predicted molar refractivity (Wildman–Crippen MR) is 45.0 cm³/mol. The van der Waals surface area contributed by atoms with Crippen LogP contribution >= 0.6 is 0 Å². The summed E-state index contributed by atoms with van der Waals surface area (Å²) in [5.41, 5.74) is 0.878. The van der Waals surface area contributed by atoms with Gasteiger partial charge in [0.2, 0.25) is 0 Å². The molecule has 0 aliphatic carbocycles. The third kappa shape index (κ3) is 2.06. The zero-order valence-corrected chi connectivity index (χ0v) is 7.22. The Labute approximate surface area is 71.2 Å². The molecule has 0 radical (unpaired) electrons. The lowest BCUT2D eigenvalue weighted by molar-refractivity contribution is 0.120. The van der Waals surface area contributed by atoms with Gasteiger partial charge < -0.3 is 5.32 Å². The van der Waals surface area contributed by atoms with Crippen LogP contribution in [-0.2, 0) is 0 Å². The molecule has 1 N–H and O–H groups in total. The zero-order chi connectivity index (χ0) is 9.14. The maximum absolute atomic E-state index is 12.2. The quantitative estimate of drug-likeness (QED) is 0.675. The molecule has 1 nitrogen and oxygen atoms in total. The Morgan fingerprint density at radius 1 is 1.42 bits per heavy atom. The lowest BCUT2D eigenvalue weighted by Gasteiger charge is -2.23. The van der Waals surface area contributed by atoms with Crippen molar-refractivity contribution in [1.29, 1.82) is 0 Å². The molecular formula is C9H13F2N. The number of halogens is 2. The number of dihydropyridines is 1. The molecule has 1 atom stereocenters. The van der Waals surface area contributed by atoms with Crippen molar-refractivity contribution >= 4 is 0 Å². The van der Waals surface area contributed by atoms with Crippen LogP contribution < -0.4 is 5.32 Å². The molecule has 1 heterocycles. The SMILES string of the molecule is CC(C)C1=CC=CC(C(F)F)N1. The predicted octanol–water partition coefficient (Wildman–Crippen LogP) is 2.32. The molecule has 0 aromatic carbocycles. The Kier molecular flexibility index (Phi) is 2.84. The van der Waals surface area contributed by atoms with Crippen LogP contribution in [0, 0.1) is 5.92 Å². The van der Waals surface area contributed by atoms with Crippen LogP contribution in [0.25, 0.3) is 0 Å². The molecule has 0 saturated carbocycles. The van der Waals surface area contributed by atoms with Crippen LogP contribution in [0.3, 0.4) is 0 Å². The summed E-state index contributed by atoms with van der Waals surface area (Å²) in [5, 5.41) is 2.78. The summed E-state index contributed by atoms with van der Waals surface area (Å²) in [5.74, 6) is 0.274. The molecule has 0 spiro atoms. The first-order valence-corrected chi connectivity index (χ1v) is 4.04. The first kappa shape index (κ1) is 9.23. The second kappa shape index (κ2) is 3.70. The molecule has 0 amide bonds. The molecule has 1 aliphatic rings. The van der Waals surface area contributed by atoms with E-state index >= 15 is 0 Å². The second-order valence-electron chi connectivity index (χ2n) is 3.17. The Morgan fingerprint density at radius 2 is 2.08 bits per heavy atom. The van der Waals surface area contributed by atoms with Crippen molar-refractivity contribution in [2.45, 2.75) is 26.3 Å². The fourth-order valence-corrected chi connectivity index (χ4v) is 1.07. The molecule has 3 heteroatoms. The third-order valence-corrected chi connectivity index (χ3v) is 1.82. The smallest absolute Gasteiger partial charge is 0.261 e. The van der Waals surface area contributed by atoms with E-state index in [2.05, 4.69) is 5.32 Å². The maximum atomic E-state index is 12.2. The van der Waals surface area contributed by atoms with Crippen molar-refractivity contribution in [3.63, 3.8) is 0 Å². The van der Waals surface area contributed by atoms with E-state index in [0.29, 0.717) is 0 Å². The van der Waals surface area contributed by atoms with Gasteiger partial charge in [-0.15, -0.1) is 0 Å². The van der Waals surface area contributed by atoms with Crippen molar-refractivity contribution in [3.8, 4) is 0 Å². The molecule has 12 heavy (non-hydrogen) atoms. The van der Waals surface area contributed by atoms with Crippen LogP contribution in [0.2, 0.25) is 0 Å². The number of hydrogen-bond donors (Lipinski definition) is 1. The molecule has 1 aliphatic heterocycles. The number of hydrogen-bond acceptors (Lipinski definition) is 1. The van der Waals surface area contributed by atoms with Gasteiger partial charge in [-0.3, -0.25) is 0 Å². The third-order valence-electron chi connectivity index (χ3n) is 1.82. The Morgan fingerprint density at radius 3 is 2.58 bits per heavy atom. The van der Waals surface area contributed by atoms with Crippen LogP contribution in [0.1, 0.15) is 13.8 Å². The van der Waals surface area contributed by atoms with Gasteiger partial charge >= 0.3 is 0 Å². The topological polar surface area (TPSA) is 12.0 Å². The van der Waals surface area contributed by atoms with E-state index in [1.54, 1.807) is 6.08 Å². The van der Waals surface area contributed by atoms with Gasteiger partial charge in [0.25, 0.3) is 6.43 Å². The van der Waals surface area contributed by atoms with Gasteiger partial charge in [0.1, 0.15) is 6.04 Å². The Hall–Kier alpha value is -0.860. The molecule has 1 unspecified atom stereocenters. The van der Waals surface area contributed by atoms with Gasteiger partial charge in [-0.2, -0.15) is 0 Å². The number of rotatable bonds is 2. The second-order valence-corrected chi connectivity index (χ2v) is 3.17. The molecular weight excluding hydrogens is 160 g/mol. The fraction of sp³-hybridized carbons (Fsp3) is 0.556. The van der Waals surface area contributed by atoms with Gasteiger partial charge in [-0.1, -0.05) is 26.0 Å².